The lowest BCUT2D eigenvalue weighted by molar-refractivity contribution is -0.125. The van der Waals surface area contributed by atoms with Gasteiger partial charge in [-0.3, -0.25) is 9.59 Å². The first-order chi connectivity index (χ1) is 12.2. The van der Waals surface area contributed by atoms with Crippen LogP contribution < -0.4 is 5.32 Å². The number of nitrogens with one attached hydrogen (secondary N) is 1. The van der Waals surface area contributed by atoms with Gasteiger partial charge in [0.05, 0.1) is 16.0 Å². The van der Waals surface area contributed by atoms with Gasteiger partial charge in [0.2, 0.25) is 5.91 Å². The summed E-state index contributed by atoms with van der Waals surface area (Å²) in [7, 11) is -3.37. The lowest BCUT2D eigenvalue weighted by atomic mass is 10.1. The number of nitrogens with zero attached hydrogens (tertiary/aromatic N) is 1. The summed E-state index contributed by atoms with van der Waals surface area (Å²) in [5.41, 5.74) is 0.386. The van der Waals surface area contributed by atoms with Crippen LogP contribution >= 0.6 is 11.8 Å². The van der Waals surface area contributed by atoms with Crippen LogP contribution in [0.2, 0.25) is 0 Å². The van der Waals surface area contributed by atoms with Gasteiger partial charge in [-0.25, -0.2) is 8.42 Å². The van der Waals surface area contributed by atoms with Gasteiger partial charge < -0.3 is 10.2 Å². The lowest BCUT2D eigenvalue weighted by Crippen LogP contribution is -2.49. The van der Waals surface area contributed by atoms with Crippen LogP contribution in [0.4, 0.5) is 0 Å². The predicted octanol–water partition coefficient (Wildman–Crippen LogP) is 2.30. The average Bonchev–Trinajstić information content (AvgIpc) is 3.10. The quantitative estimate of drug-likeness (QED) is 0.795. The lowest BCUT2D eigenvalue weighted by Gasteiger charge is -2.24. The van der Waals surface area contributed by atoms with Gasteiger partial charge in [-0.2, -0.15) is 0 Å². The third-order valence-electron chi connectivity index (χ3n) is 4.50. The van der Waals surface area contributed by atoms with Crippen LogP contribution in [-0.2, 0) is 14.6 Å². The second-order valence-corrected chi connectivity index (χ2v) is 10.2. The van der Waals surface area contributed by atoms with Crippen molar-refractivity contribution in [3.05, 3.63) is 29.8 Å². The van der Waals surface area contributed by atoms with E-state index < -0.39 is 21.1 Å². The number of hydrogen-bond acceptors (Lipinski definition) is 5. The van der Waals surface area contributed by atoms with E-state index in [1.54, 1.807) is 18.7 Å². The minimum Gasteiger partial charge on any atom is -0.352 e. The predicted molar refractivity (Wildman–Crippen MR) is 104 cm³/mol. The van der Waals surface area contributed by atoms with Crippen LogP contribution in [0.1, 0.15) is 44.5 Å². The molecule has 2 atom stereocenters. The third-order valence-corrected chi connectivity index (χ3v) is 7.68. The zero-order valence-electron chi connectivity index (χ0n) is 15.6. The van der Waals surface area contributed by atoms with Gasteiger partial charge in [0.1, 0.15) is 6.04 Å². The van der Waals surface area contributed by atoms with Crippen molar-refractivity contribution in [3.63, 3.8) is 0 Å². The van der Waals surface area contributed by atoms with Crippen LogP contribution in [0, 0.1) is 0 Å². The third kappa shape index (κ3) is 4.40. The van der Waals surface area contributed by atoms with Crippen LogP contribution in [0.5, 0.6) is 0 Å². The Morgan fingerprint density at radius 1 is 1.23 bits per heavy atom. The molecule has 2 rings (SSSR count). The highest BCUT2D eigenvalue weighted by Gasteiger charge is 2.35. The highest BCUT2D eigenvalue weighted by molar-refractivity contribution is 7.99. The topological polar surface area (TPSA) is 83.6 Å². The van der Waals surface area contributed by atoms with E-state index in [9.17, 15) is 18.0 Å². The second-order valence-electron chi connectivity index (χ2n) is 6.73. The molecular formula is C18H26N2O4S2. The molecule has 0 bridgehead atoms. The summed E-state index contributed by atoms with van der Waals surface area (Å²) in [6, 6.07) is 5.51. The Labute approximate surface area is 159 Å². The highest BCUT2D eigenvalue weighted by atomic mass is 32.2. The maximum Gasteiger partial charge on any atom is 0.255 e. The molecule has 0 aliphatic carbocycles. The van der Waals surface area contributed by atoms with Crippen LogP contribution in [0.15, 0.2) is 29.2 Å². The van der Waals surface area contributed by atoms with Crippen molar-refractivity contribution in [2.75, 3.05) is 11.6 Å². The molecule has 1 aliphatic rings. The largest absolute Gasteiger partial charge is 0.352 e. The molecule has 2 amide bonds. The molecule has 0 saturated carbocycles. The van der Waals surface area contributed by atoms with E-state index in [0.717, 1.165) is 6.42 Å². The van der Waals surface area contributed by atoms with Crippen molar-refractivity contribution in [1.29, 1.82) is 0 Å². The Morgan fingerprint density at radius 3 is 2.38 bits per heavy atom. The van der Waals surface area contributed by atoms with E-state index in [1.165, 1.54) is 36.0 Å². The molecule has 1 aromatic rings. The Bertz CT molecular complexity index is 760. The second kappa shape index (κ2) is 8.43. The maximum atomic E-state index is 12.8. The molecule has 0 unspecified atom stereocenters. The van der Waals surface area contributed by atoms with E-state index in [4.69, 9.17) is 0 Å². The summed E-state index contributed by atoms with van der Waals surface area (Å²) in [5.74, 6) is 0.613. The number of thioether (sulfide) groups is 1. The molecule has 26 heavy (non-hydrogen) atoms. The zero-order chi connectivity index (χ0) is 19.5. The van der Waals surface area contributed by atoms with Crippen LogP contribution in [0.25, 0.3) is 0 Å². The number of carbonyl (C=O) groups excluding carboxylic acids is 2. The number of amides is 2. The van der Waals surface area contributed by atoms with Gasteiger partial charge >= 0.3 is 0 Å². The molecular weight excluding hydrogens is 372 g/mol. The molecule has 0 radical (unpaired) electrons. The summed E-state index contributed by atoms with van der Waals surface area (Å²) < 4.78 is 24.4. The highest BCUT2D eigenvalue weighted by Crippen LogP contribution is 2.24. The van der Waals surface area contributed by atoms with Crippen LogP contribution in [0.3, 0.4) is 0 Å². The minimum atomic E-state index is -3.37. The van der Waals surface area contributed by atoms with E-state index >= 15 is 0 Å². The first-order valence-corrected chi connectivity index (χ1v) is 11.4. The normalized spacial score (nSPS) is 18.8. The fourth-order valence-electron chi connectivity index (χ4n) is 2.53. The fraction of sp³-hybridized carbons (Fsp3) is 0.556. The maximum absolute atomic E-state index is 12.8. The van der Waals surface area contributed by atoms with Crippen LogP contribution in [-0.4, -0.2) is 54.1 Å². The molecule has 8 heteroatoms. The van der Waals surface area contributed by atoms with Crippen molar-refractivity contribution < 1.29 is 18.0 Å². The van der Waals surface area contributed by atoms with Crippen molar-refractivity contribution in [2.24, 2.45) is 0 Å². The van der Waals surface area contributed by atoms with E-state index in [0.29, 0.717) is 17.2 Å². The molecule has 144 valence electrons. The SMILES string of the molecule is CC[C@@H](C)NC(=O)[C@H]1CSCN1C(=O)c1ccc(S(=O)(=O)C(C)C)cc1. The summed E-state index contributed by atoms with van der Waals surface area (Å²) in [5, 5.41) is 2.40. The molecule has 1 aromatic carbocycles. The van der Waals surface area contributed by atoms with Gasteiger partial charge in [-0.1, -0.05) is 6.92 Å². The molecule has 1 aliphatic heterocycles. The summed E-state index contributed by atoms with van der Waals surface area (Å²) in [6.07, 6.45) is 0.825. The Kier molecular flexibility index (Phi) is 6.74. The Balaban J connectivity index is 2.16. The first-order valence-electron chi connectivity index (χ1n) is 8.71. The molecule has 1 heterocycles. The van der Waals surface area contributed by atoms with Crippen molar-refractivity contribution >= 4 is 33.4 Å². The molecule has 1 N–H and O–H groups in total. The standard InChI is InChI=1S/C18H26N2O4S2/c1-5-13(4)19-17(21)16-10-25-11-20(16)18(22)14-6-8-15(9-7-14)26(23,24)12(2)3/h6-9,12-13,16H,5,10-11H2,1-4H3,(H,19,21)/t13-,16-/m1/s1. The average molecular weight is 399 g/mol. The number of benzene rings is 1. The van der Waals surface area contributed by atoms with Gasteiger partial charge in [0, 0.05) is 17.4 Å². The molecule has 0 spiro atoms. The molecule has 6 nitrogen and oxygen atoms in total. The van der Waals surface area contributed by atoms with E-state index in [-0.39, 0.29) is 22.8 Å². The Morgan fingerprint density at radius 2 is 1.85 bits per heavy atom. The smallest absolute Gasteiger partial charge is 0.255 e. The summed E-state index contributed by atoms with van der Waals surface area (Å²) >= 11 is 1.54. The van der Waals surface area contributed by atoms with Gasteiger partial charge in [0.25, 0.3) is 5.91 Å². The zero-order valence-corrected chi connectivity index (χ0v) is 17.2. The van der Waals surface area contributed by atoms with Crippen molar-refractivity contribution in [1.82, 2.24) is 10.2 Å². The monoisotopic (exact) mass is 398 g/mol. The molecule has 0 aromatic heterocycles. The number of carbonyl (C=O) groups is 2. The van der Waals surface area contributed by atoms with E-state index in [1.807, 2.05) is 13.8 Å². The minimum absolute atomic E-state index is 0.0607. The summed E-state index contributed by atoms with van der Waals surface area (Å²) in [4.78, 5) is 27.0. The first kappa shape index (κ1) is 20.8. The Hall–Kier alpha value is -1.54. The number of rotatable bonds is 6. The van der Waals surface area contributed by atoms with Crippen molar-refractivity contribution in [3.8, 4) is 0 Å². The van der Waals surface area contributed by atoms with Gasteiger partial charge in [0.15, 0.2) is 9.84 Å². The van der Waals surface area contributed by atoms with Gasteiger partial charge in [-0.05, 0) is 51.5 Å². The van der Waals surface area contributed by atoms with Crippen molar-refractivity contribution in [2.45, 2.75) is 56.3 Å². The fourth-order valence-corrected chi connectivity index (χ4v) is 4.74. The number of hydrogen-bond donors (Lipinski definition) is 1. The number of sulfone groups is 1. The molecule has 1 fully saturated rings. The van der Waals surface area contributed by atoms with Gasteiger partial charge in [-0.15, -0.1) is 11.8 Å². The summed E-state index contributed by atoms with van der Waals surface area (Å²) in [6.45, 7) is 7.16. The molecule has 1 saturated heterocycles. The van der Waals surface area contributed by atoms with E-state index in [2.05, 4.69) is 5.32 Å².